The Kier molecular flexibility index (Phi) is 6.29. The number of nitrogens with zero attached hydrogens (tertiary/aromatic N) is 1. The molecule has 0 radical (unpaired) electrons. The van der Waals surface area contributed by atoms with E-state index in [1.807, 2.05) is 66.7 Å². The van der Waals surface area contributed by atoms with Gasteiger partial charge in [0.05, 0.1) is 5.69 Å². The predicted molar refractivity (Wildman–Crippen MR) is 111 cm³/mol. The van der Waals surface area contributed by atoms with Gasteiger partial charge in [0.1, 0.15) is 12.4 Å². The Bertz CT molecular complexity index is 894. The van der Waals surface area contributed by atoms with Gasteiger partial charge in [-0.25, -0.2) is 0 Å². The molecule has 0 unspecified atom stereocenters. The molecule has 0 bridgehead atoms. The summed E-state index contributed by atoms with van der Waals surface area (Å²) in [6.07, 6.45) is 1.81. The van der Waals surface area contributed by atoms with Crippen LogP contribution in [0, 0.1) is 0 Å². The molecule has 3 aromatic carbocycles. The van der Waals surface area contributed by atoms with Crippen LogP contribution in [0.15, 0.2) is 80.7 Å². The van der Waals surface area contributed by atoms with Crippen molar-refractivity contribution in [3.05, 3.63) is 91.8 Å². The second-order valence-corrected chi connectivity index (χ2v) is 7.54. The van der Waals surface area contributed by atoms with Gasteiger partial charge in [-0.1, -0.05) is 55.6 Å². The summed E-state index contributed by atoms with van der Waals surface area (Å²) in [5, 5.41) is 0.678. The molecule has 0 saturated carbocycles. The molecule has 5 heteroatoms. The van der Waals surface area contributed by atoms with Crippen molar-refractivity contribution in [2.24, 2.45) is 4.99 Å². The molecule has 0 atom stereocenters. The minimum atomic E-state index is 0.504. The van der Waals surface area contributed by atoms with Crippen molar-refractivity contribution in [3.63, 3.8) is 0 Å². The Balaban J connectivity index is 1.62. The highest BCUT2D eigenvalue weighted by atomic mass is 79.9. The van der Waals surface area contributed by atoms with Crippen LogP contribution >= 0.6 is 43.5 Å². The van der Waals surface area contributed by atoms with Crippen LogP contribution in [0.4, 0.5) is 5.69 Å². The van der Waals surface area contributed by atoms with E-state index < -0.39 is 0 Å². The SMILES string of the molecule is Clc1cccc(N=Cc2ccc(OCc3ccc(Br)cc3Br)cc2)c1. The van der Waals surface area contributed by atoms with Crippen molar-refractivity contribution < 1.29 is 4.74 Å². The number of benzene rings is 3. The van der Waals surface area contributed by atoms with E-state index in [2.05, 4.69) is 36.9 Å². The lowest BCUT2D eigenvalue weighted by atomic mass is 10.2. The summed E-state index contributed by atoms with van der Waals surface area (Å²) < 4.78 is 7.89. The summed E-state index contributed by atoms with van der Waals surface area (Å²) in [5.74, 6) is 0.815. The fourth-order valence-electron chi connectivity index (χ4n) is 2.16. The first-order valence-electron chi connectivity index (χ1n) is 7.56. The first-order chi connectivity index (χ1) is 12.1. The van der Waals surface area contributed by atoms with Crippen molar-refractivity contribution in [2.45, 2.75) is 6.61 Å². The number of hydrogen-bond acceptors (Lipinski definition) is 2. The Morgan fingerprint density at radius 3 is 2.48 bits per heavy atom. The lowest BCUT2D eigenvalue weighted by Gasteiger charge is -2.08. The van der Waals surface area contributed by atoms with E-state index in [0.29, 0.717) is 11.6 Å². The van der Waals surface area contributed by atoms with Gasteiger partial charge in [0.25, 0.3) is 0 Å². The smallest absolute Gasteiger partial charge is 0.119 e. The summed E-state index contributed by atoms with van der Waals surface area (Å²) >= 11 is 12.9. The van der Waals surface area contributed by atoms with Crippen LogP contribution in [-0.2, 0) is 6.61 Å². The quantitative estimate of drug-likeness (QED) is 0.355. The third kappa shape index (κ3) is 5.43. The lowest BCUT2D eigenvalue weighted by Crippen LogP contribution is -1.96. The maximum absolute atomic E-state index is 5.96. The molecule has 0 fully saturated rings. The van der Waals surface area contributed by atoms with Crippen molar-refractivity contribution in [1.29, 1.82) is 0 Å². The molecule has 0 amide bonds. The van der Waals surface area contributed by atoms with Gasteiger partial charge >= 0.3 is 0 Å². The van der Waals surface area contributed by atoms with E-state index in [9.17, 15) is 0 Å². The van der Waals surface area contributed by atoms with E-state index in [4.69, 9.17) is 16.3 Å². The first kappa shape index (κ1) is 18.2. The molecule has 0 aliphatic rings. The van der Waals surface area contributed by atoms with Gasteiger partial charge in [0.15, 0.2) is 0 Å². The van der Waals surface area contributed by atoms with Crippen LogP contribution in [0.2, 0.25) is 5.02 Å². The fraction of sp³-hybridized carbons (Fsp3) is 0.0500. The van der Waals surface area contributed by atoms with E-state index >= 15 is 0 Å². The van der Waals surface area contributed by atoms with Gasteiger partial charge in [-0.3, -0.25) is 4.99 Å². The molecule has 0 spiro atoms. The highest BCUT2D eigenvalue weighted by Gasteiger charge is 2.02. The average Bonchev–Trinajstić information content (AvgIpc) is 2.60. The largest absolute Gasteiger partial charge is 0.489 e. The zero-order valence-corrected chi connectivity index (χ0v) is 17.1. The van der Waals surface area contributed by atoms with Crippen LogP contribution in [0.1, 0.15) is 11.1 Å². The second-order valence-electron chi connectivity index (χ2n) is 5.33. The second kappa shape index (κ2) is 8.65. The van der Waals surface area contributed by atoms with Crippen molar-refractivity contribution >= 4 is 55.4 Å². The molecule has 0 saturated heterocycles. The maximum Gasteiger partial charge on any atom is 0.119 e. The third-order valence-corrected chi connectivity index (χ3v) is 4.93. The van der Waals surface area contributed by atoms with Crippen LogP contribution in [-0.4, -0.2) is 6.21 Å². The van der Waals surface area contributed by atoms with Crippen LogP contribution in [0.3, 0.4) is 0 Å². The molecule has 2 nitrogen and oxygen atoms in total. The molecular formula is C20H14Br2ClNO. The predicted octanol–water partition coefficient (Wildman–Crippen LogP) is 7.19. The van der Waals surface area contributed by atoms with Gasteiger partial charge in [0, 0.05) is 25.7 Å². The van der Waals surface area contributed by atoms with Crippen LogP contribution < -0.4 is 4.74 Å². The van der Waals surface area contributed by atoms with E-state index in [0.717, 1.165) is 31.5 Å². The molecule has 3 aromatic rings. The van der Waals surface area contributed by atoms with Crippen LogP contribution in [0.25, 0.3) is 0 Å². The minimum Gasteiger partial charge on any atom is -0.489 e. The highest BCUT2D eigenvalue weighted by Crippen LogP contribution is 2.24. The highest BCUT2D eigenvalue weighted by molar-refractivity contribution is 9.11. The van der Waals surface area contributed by atoms with Crippen molar-refractivity contribution in [1.82, 2.24) is 0 Å². The number of hydrogen-bond donors (Lipinski definition) is 0. The van der Waals surface area contributed by atoms with Gasteiger partial charge in [-0.2, -0.15) is 0 Å². The summed E-state index contributed by atoms with van der Waals surface area (Å²) in [6.45, 7) is 0.504. The number of rotatable bonds is 5. The average molecular weight is 480 g/mol. The Morgan fingerprint density at radius 2 is 1.76 bits per heavy atom. The topological polar surface area (TPSA) is 21.6 Å². The summed E-state index contributed by atoms with van der Waals surface area (Å²) in [6, 6.07) is 21.3. The van der Waals surface area contributed by atoms with E-state index in [-0.39, 0.29) is 0 Å². The Labute approximate surface area is 168 Å². The molecule has 0 aliphatic heterocycles. The van der Waals surface area contributed by atoms with Crippen molar-refractivity contribution in [3.8, 4) is 5.75 Å². The first-order valence-corrected chi connectivity index (χ1v) is 9.53. The molecule has 25 heavy (non-hydrogen) atoms. The number of halogens is 3. The number of aliphatic imine (C=N–C) groups is 1. The van der Waals surface area contributed by atoms with Gasteiger partial charge in [-0.15, -0.1) is 0 Å². The molecule has 0 heterocycles. The fourth-order valence-corrected chi connectivity index (χ4v) is 3.50. The number of ether oxygens (including phenoxy) is 1. The monoisotopic (exact) mass is 477 g/mol. The molecule has 126 valence electrons. The van der Waals surface area contributed by atoms with E-state index in [1.165, 1.54) is 0 Å². The summed E-state index contributed by atoms with van der Waals surface area (Å²) in [7, 11) is 0. The lowest BCUT2D eigenvalue weighted by molar-refractivity contribution is 0.305. The van der Waals surface area contributed by atoms with E-state index in [1.54, 1.807) is 6.21 Å². The molecule has 0 aliphatic carbocycles. The van der Waals surface area contributed by atoms with Crippen molar-refractivity contribution in [2.75, 3.05) is 0 Å². The molecule has 3 rings (SSSR count). The normalized spacial score (nSPS) is 11.0. The molecule has 0 N–H and O–H groups in total. The Morgan fingerprint density at radius 1 is 0.960 bits per heavy atom. The maximum atomic E-state index is 5.96. The van der Waals surface area contributed by atoms with Gasteiger partial charge < -0.3 is 4.74 Å². The molecule has 0 aromatic heterocycles. The Hall–Kier alpha value is -1.62. The van der Waals surface area contributed by atoms with Gasteiger partial charge in [0.2, 0.25) is 0 Å². The van der Waals surface area contributed by atoms with Gasteiger partial charge in [-0.05, 0) is 60.2 Å². The zero-order chi connectivity index (χ0) is 17.6. The minimum absolute atomic E-state index is 0.504. The van der Waals surface area contributed by atoms with Crippen LogP contribution in [0.5, 0.6) is 5.75 Å². The summed E-state index contributed by atoms with van der Waals surface area (Å²) in [4.78, 5) is 4.42. The standard InChI is InChI=1S/C20H14Br2ClNO/c21-16-7-6-15(20(22)10-16)13-25-19-8-4-14(5-9-19)12-24-18-3-1-2-17(23)11-18/h1-12H,13H2. The third-order valence-electron chi connectivity index (χ3n) is 3.46. The zero-order valence-electron chi connectivity index (χ0n) is 13.1. The molecular weight excluding hydrogens is 465 g/mol. The summed E-state index contributed by atoms with van der Waals surface area (Å²) in [5.41, 5.74) is 2.92.